The van der Waals surface area contributed by atoms with Crippen LogP contribution in [0.5, 0.6) is 5.75 Å². The summed E-state index contributed by atoms with van der Waals surface area (Å²) in [6, 6.07) is 38.7. The van der Waals surface area contributed by atoms with Crippen LogP contribution < -0.4 is 9.21 Å². The highest BCUT2D eigenvalue weighted by molar-refractivity contribution is 7.90. The molecular formula is C46H45N5O5S. The number of para-hydroxylation sites is 2. The van der Waals surface area contributed by atoms with Crippen molar-refractivity contribution in [2.45, 2.75) is 45.8 Å². The standard InChI is InChI=1S/C46H45N5O5S/c1-31-25-33-13-11-12-14-35(33)30-50(31)45(53)43-27-36-29-49(57(55,56)48(4)37-15-7-5-8-16-37)24-23-34(36)26-42(43)44-28-41(32(2)47(44)3)46(54)51(38-17-9-6-10-18-38)39-19-21-40(52)22-20-39/h5-22,26-28,31,52H,23-25,29-30H2,1-4H3/t31-/m1/s1. The van der Waals surface area contributed by atoms with E-state index in [-0.39, 0.29) is 36.7 Å². The molecule has 0 saturated carbocycles. The molecule has 8 rings (SSSR count). The van der Waals surface area contributed by atoms with Gasteiger partial charge in [0.05, 0.1) is 11.3 Å². The number of carbonyl (C=O) groups is 2. The smallest absolute Gasteiger partial charge is 0.304 e. The van der Waals surface area contributed by atoms with E-state index in [4.69, 9.17) is 0 Å². The molecule has 1 aromatic heterocycles. The van der Waals surface area contributed by atoms with Crippen LogP contribution in [0.15, 0.2) is 127 Å². The molecular weight excluding hydrogens is 735 g/mol. The average molecular weight is 780 g/mol. The van der Waals surface area contributed by atoms with E-state index in [0.717, 1.165) is 16.7 Å². The van der Waals surface area contributed by atoms with Gasteiger partial charge in [-0.05, 0) is 116 Å². The fraction of sp³-hybridized carbons (Fsp3) is 0.217. The van der Waals surface area contributed by atoms with Gasteiger partial charge in [0.25, 0.3) is 11.8 Å². The maximum Gasteiger partial charge on any atom is 0.304 e. The number of amides is 2. The maximum atomic E-state index is 15.0. The number of phenolic OH excluding ortho intramolecular Hbond substituents is 1. The highest BCUT2D eigenvalue weighted by atomic mass is 32.2. The minimum Gasteiger partial charge on any atom is -0.508 e. The number of nitrogens with zero attached hydrogens (tertiary/aromatic N) is 5. The molecule has 0 spiro atoms. The Hall–Kier alpha value is -6.17. The van der Waals surface area contributed by atoms with Crippen molar-refractivity contribution in [3.05, 3.63) is 166 Å². The molecule has 2 amide bonds. The van der Waals surface area contributed by atoms with E-state index >= 15 is 0 Å². The first-order valence-electron chi connectivity index (χ1n) is 19.1. The van der Waals surface area contributed by atoms with Crippen molar-refractivity contribution < 1.29 is 23.1 Å². The first kappa shape index (κ1) is 37.7. The average Bonchev–Trinajstić information content (AvgIpc) is 3.53. The lowest BCUT2D eigenvalue weighted by atomic mass is 9.90. The molecule has 2 aliphatic heterocycles. The second-order valence-electron chi connectivity index (χ2n) is 14.9. The van der Waals surface area contributed by atoms with Crippen LogP contribution >= 0.6 is 0 Å². The third-order valence-corrected chi connectivity index (χ3v) is 13.3. The molecule has 0 saturated heterocycles. The van der Waals surface area contributed by atoms with Crippen molar-refractivity contribution in [1.29, 1.82) is 0 Å². The number of rotatable bonds is 8. The van der Waals surface area contributed by atoms with Crippen LogP contribution in [-0.4, -0.2) is 58.7 Å². The van der Waals surface area contributed by atoms with E-state index in [9.17, 15) is 23.1 Å². The van der Waals surface area contributed by atoms with Gasteiger partial charge < -0.3 is 14.6 Å². The second kappa shape index (κ2) is 15.1. The Balaban J connectivity index is 1.22. The van der Waals surface area contributed by atoms with Gasteiger partial charge in [-0.25, -0.2) is 0 Å². The lowest BCUT2D eigenvalue weighted by Crippen LogP contribution is -2.45. The summed E-state index contributed by atoms with van der Waals surface area (Å²) in [5.74, 6) is -0.322. The molecule has 1 atom stereocenters. The first-order chi connectivity index (χ1) is 27.4. The summed E-state index contributed by atoms with van der Waals surface area (Å²) in [4.78, 5) is 33.2. The molecule has 0 bridgehead atoms. The van der Waals surface area contributed by atoms with Crippen molar-refractivity contribution in [3.63, 3.8) is 0 Å². The Morgan fingerprint density at radius 2 is 1.33 bits per heavy atom. The van der Waals surface area contributed by atoms with E-state index in [1.54, 1.807) is 48.3 Å². The number of fused-ring (bicyclic) bond motifs is 2. The van der Waals surface area contributed by atoms with Crippen LogP contribution in [0, 0.1) is 6.92 Å². The quantitative estimate of drug-likeness (QED) is 0.169. The molecule has 0 fully saturated rings. The fourth-order valence-electron chi connectivity index (χ4n) is 8.08. The van der Waals surface area contributed by atoms with Gasteiger partial charge in [0.1, 0.15) is 5.75 Å². The number of aromatic hydroxyl groups is 1. The monoisotopic (exact) mass is 779 g/mol. The lowest BCUT2D eigenvalue weighted by molar-refractivity contribution is 0.0658. The molecule has 1 N–H and O–H groups in total. The molecule has 0 aliphatic carbocycles. The summed E-state index contributed by atoms with van der Waals surface area (Å²) in [6.45, 7) is 4.79. The maximum absolute atomic E-state index is 15.0. The normalized spacial score (nSPS) is 15.4. The third-order valence-electron chi connectivity index (χ3n) is 11.5. The lowest BCUT2D eigenvalue weighted by Gasteiger charge is -2.36. The Bertz CT molecular complexity index is 2590. The molecule has 11 heteroatoms. The number of phenols is 1. The van der Waals surface area contributed by atoms with Crippen molar-refractivity contribution in [1.82, 2.24) is 13.8 Å². The van der Waals surface area contributed by atoms with Gasteiger partial charge in [-0.2, -0.15) is 12.7 Å². The van der Waals surface area contributed by atoms with Crippen molar-refractivity contribution in [2.75, 3.05) is 22.8 Å². The molecule has 290 valence electrons. The topological polar surface area (TPSA) is 106 Å². The van der Waals surface area contributed by atoms with Gasteiger partial charge in [-0.3, -0.25) is 18.8 Å². The molecule has 6 aromatic rings. The largest absolute Gasteiger partial charge is 0.508 e. The Morgan fingerprint density at radius 1 is 0.719 bits per heavy atom. The van der Waals surface area contributed by atoms with Gasteiger partial charge in [0.15, 0.2) is 0 Å². The number of aromatic nitrogens is 1. The van der Waals surface area contributed by atoms with Crippen molar-refractivity contribution >= 4 is 39.1 Å². The molecule has 57 heavy (non-hydrogen) atoms. The number of benzene rings is 5. The van der Waals surface area contributed by atoms with Crippen LogP contribution in [0.3, 0.4) is 0 Å². The Labute approximate surface area is 334 Å². The minimum absolute atomic E-state index is 0.0790. The van der Waals surface area contributed by atoms with E-state index in [1.807, 2.05) is 102 Å². The number of anilines is 3. The second-order valence-corrected chi connectivity index (χ2v) is 16.9. The van der Waals surface area contributed by atoms with Crippen LogP contribution in [0.4, 0.5) is 17.1 Å². The summed E-state index contributed by atoms with van der Waals surface area (Å²) in [5.41, 5.74) is 8.88. The number of hydrogen-bond donors (Lipinski definition) is 1. The third kappa shape index (κ3) is 6.98. The van der Waals surface area contributed by atoms with Gasteiger partial charge in [0.2, 0.25) is 0 Å². The zero-order valence-electron chi connectivity index (χ0n) is 32.5. The molecule has 10 nitrogen and oxygen atoms in total. The molecule has 3 heterocycles. The van der Waals surface area contributed by atoms with Crippen LogP contribution in [-0.2, 0) is 43.2 Å². The van der Waals surface area contributed by atoms with E-state index in [2.05, 4.69) is 19.1 Å². The Kier molecular flexibility index (Phi) is 9.97. The van der Waals surface area contributed by atoms with Crippen LogP contribution in [0.1, 0.15) is 55.6 Å². The van der Waals surface area contributed by atoms with E-state index < -0.39 is 10.2 Å². The van der Waals surface area contributed by atoms with Crippen molar-refractivity contribution in [2.24, 2.45) is 7.05 Å². The molecule has 2 aliphatic rings. The van der Waals surface area contributed by atoms with Crippen molar-refractivity contribution in [3.8, 4) is 17.0 Å². The summed E-state index contributed by atoms with van der Waals surface area (Å²) >= 11 is 0. The van der Waals surface area contributed by atoms with Crippen LogP contribution in [0.2, 0.25) is 0 Å². The highest BCUT2D eigenvalue weighted by Crippen LogP contribution is 2.37. The zero-order valence-corrected chi connectivity index (χ0v) is 33.3. The number of carbonyl (C=O) groups excluding carboxylic acids is 2. The minimum atomic E-state index is -3.88. The van der Waals surface area contributed by atoms with E-state index in [0.29, 0.717) is 64.5 Å². The molecule has 5 aromatic carbocycles. The summed E-state index contributed by atoms with van der Waals surface area (Å²) in [6.07, 6.45) is 1.17. The predicted molar refractivity (Wildman–Crippen MR) is 224 cm³/mol. The predicted octanol–water partition coefficient (Wildman–Crippen LogP) is 8.01. The van der Waals surface area contributed by atoms with Crippen LogP contribution in [0.25, 0.3) is 11.3 Å². The van der Waals surface area contributed by atoms with Gasteiger partial charge in [-0.15, -0.1) is 0 Å². The summed E-state index contributed by atoms with van der Waals surface area (Å²) < 4.78 is 32.6. The van der Waals surface area contributed by atoms with Gasteiger partial charge >= 0.3 is 10.2 Å². The summed E-state index contributed by atoms with van der Waals surface area (Å²) in [7, 11) is -0.420. The summed E-state index contributed by atoms with van der Waals surface area (Å²) in [5, 5.41) is 10.0. The van der Waals surface area contributed by atoms with E-state index in [1.165, 1.54) is 14.2 Å². The van der Waals surface area contributed by atoms with Gasteiger partial charge in [-0.1, -0.05) is 60.7 Å². The fourth-order valence-corrected chi connectivity index (χ4v) is 9.43. The number of hydrogen-bond acceptors (Lipinski definition) is 5. The zero-order chi connectivity index (χ0) is 40.0. The SMILES string of the molecule is Cc1c(C(=O)N(c2ccccc2)c2ccc(O)cc2)cc(-c2cc3c(cc2C(=O)N2Cc4ccccc4C[C@H]2C)CN(S(=O)(=O)N(C)c2ccccc2)CC3)n1C. The van der Waals surface area contributed by atoms with Gasteiger partial charge in [0, 0.05) is 73.7 Å². The highest BCUT2D eigenvalue weighted by Gasteiger charge is 2.35. The Morgan fingerprint density at radius 3 is 2.02 bits per heavy atom. The molecule has 0 radical (unpaired) electrons. The molecule has 0 unspecified atom stereocenters. The first-order valence-corrected chi connectivity index (χ1v) is 20.5.